The summed E-state index contributed by atoms with van der Waals surface area (Å²) >= 11 is 0. The van der Waals surface area contributed by atoms with Crippen LogP contribution in [-0.4, -0.2) is 38.5 Å². The monoisotopic (exact) mass is 421 g/mol. The van der Waals surface area contributed by atoms with Gasteiger partial charge in [-0.15, -0.1) is 5.10 Å². The second-order valence-corrected chi connectivity index (χ2v) is 9.90. The molecule has 1 aliphatic carbocycles. The Morgan fingerprint density at radius 1 is 1.06 bits per heavy atom. The highest BCUT2D eigenvalue weighted by atomic mass is 16.7. The third-order valence-electron chi connectivity index (χ3n) is 7.29. The van der Waals surface area contributed by atoms with Crippen LogP contribution in [0.5, 0.6) is 0 Å². The summed E-state index contributed by atoms with van der Waals surface area (Å²) in [6.45, 7) is 8.91. The molecule has 164 valence electrons. The van der Waals surface area contributed by atoms with Crippen LogP contribution in [0.2, 0.25) is 0 Å². The molecule has 1 aromatic heterocycles. The number of aryl methyl sites for hydroxylation is 1. The maximum atomic E-state index is 8.79. The molecule has 0 radical (unpaired) electrons. The summed E-state index contributed by atoms with van der Waals surface area (Å²) in [6, 6.07) is 11.0. The molecule has 0 N–H and O–H groups in total. The van der Waals surface area contributed by atoms with Crippen LogP contribution in [0.4, 0.5) is 0 Å². The van der Waals surface area contributed by atoms with Crippen LogP contribution >= 0.6 is 0 Å². The third kappa shape index (κ3) is 4.68. The van der Waals surface area contributed by atoms with E-state index >= 15 is 0 Å². The Hall–Kier alpha value is -2.24. The molecule has 1 saturated heterocycles. The Labute approximate surface area is 185 Å². The number of hydrogen-bond acceptors (Lipinski definition) is 6. The highest BCUT2D eigenvalue weighted by Gasteiger charge is 2.51. The van der Waals surface area contributed by atoms with E-state index in [9.17, 15) is 0 Å². The first-order chi connectivity index (χ1) is 14.8. The number of benzene rings is 1. The van der Waals surface area contributed by atoms with Crippen LogP contribution in [0, 0.1) is 17.2 Å². The first kappa shape index (κ1) is 22.0. The molecule has 0 bridgehead atoms. The van der Waals surface area contributed by atoms with E-state index in [-0.39, 0.29) is 18.3 Å². The lowest BCUT2D eigenvalue weighted by Gasteiger charge is -2.32. The molecule has 0 amide bonds. The van der Waals surface area contributed by atoms with Crippen LogP contribution in [0.15, 0.2) is 24.3 Å². The van der Waals surface area contributed by atoms with Gasteiger partial charge in [-0.25, -0.2) is 4.68 Å². The highest BCUT2D eigenvalue weighted by Crippen LogP contribution is 2.38. The maximum Gasteiger partial charge on any atom is 0.494 e. The van der Waals surface area contributed by atoms with Gasteiger partial charge in [-0.3, -0.25) is 0 Å². The van der Waals surface area contributed by atoms with Gasteiger partial charge in [-0.05, 0) is 86.7 Å². The third-order valence-corrected chi connectivity index (χ3v) is 7.29. The van der Waals surface area contributed by atoms with E-state index in [1.54, 1.807) is 4.68 Å². The number of rotatable bonds is 6. The predicted octanol–water partition coefficient (Wildman–Crippen LogP) is 3.40. The summed E-state index contributed by atoms with van der Waals surface area (Å²) in [4.78, 5) is 0. The Balaban J connectivity index is 1.32. The molecule has 0 spiro atoms. The zero-order chi connectivity index (χ0) is 22.1. The van der Waals surface area contributed by atoms with Crippen molar-refractivity contribution < 1.29 is 9.31 Å². The summed E-state index contributed by atoms with van der Waals surface area (Å²) in [5, 5.41) is 20.8. The van der Waals surface area contributed by atoms with Gasteiger partial charge in [0.2, 0.25) is 0 Å². The molecule has 2 aromatic rings. The van der Waals surface area contributed by atoms with Gasteiger partial charge in [-0.2, -0.15) is 5.26 Å². The quantitative estimate of drug-likeness (QED) is 0.665. The summed E-state index contributed by atoms with van der Waals surface area (Å²) in [7, 11) is -0.304. The SMILES string of the molecule is CC1(C)OB(c2ccc([C@H]3CC[C@H](Cc4nnnn4CCC#N)CC3)cc2)OC1(C)C. The molecule has 0 unspecified atom stereocenters. The Bertz CT molecular complexity index is 910. The van der Waals surface area contributed by atoms with Gasteiger partial charge in [0.1, 0.15) is 0 Å². The van der Waals surface area contributed by atoms with Gasteiger partial charge in [0.05, 0.1) is 30.2 Å². The molecular weight excluding hydrogens is 389 g/mol. The van der Waals surface area contributed by atoms with Crippen molar-refractivity contribution in [1.29, 1.82) is 5.26 Å². The van der Waals surface area contributed by atoms with Crippen LogP contribution in [0.25, 0.3) is 0 Å². The molecule has 0 atom stereocenters. The first-order valence-electron chi connectivity index (χ1n) is 11.4. The van der Waals surface area contributed by atoms with Crippen LogP contribution < -0.4 is 5.46 Å². The molecule has 1 saturated carbocycles. The molecule has 31 heavy (non-hydrogen) atoms. The fourth-order valence-electron chi connectivity index (χ4n) is 4.56. The van der Waals surface area contributed by atoms with Gasteiger partial charge in [0, 0.05) is 6.42 Å². The van der Waals surface area contributed by atoms with Gasteiger partial charge >= 0.3 is 7.12 Å². The molecule has 2 aliphatic rings. The van der Waals surface area contributed by atoms with Crippen molar-refractivity contribution in [1.82, 2.24) is 20.2 Å². The topological polar surface area (TPSA) is 85.9 Å². The van der Waals surface area contributed by atoms with Gasteiger partial charge in [0.15, 0.2) is 5.82 Å². The summed E-state index contributed by atoms with van der Waals surface area (Å²) < 4.78 is 14.1. The van der Waals surface area contributed by atoms with E-state index in [2.05, 4.69) is 73.6 Å². The smallest absolute Gasteiger partial charge is 0.399 e. The van der Waals surface area contributed by atoms with Crippen molar-refractivity contribution >= 4 is 12.6 Å². The Morgan fingerprint density at radius 2 is 1.71 bits per heavy atom. The highest BCUT2D eigenvalue weighted by molar-refractivity contribution is 6.62. The zero-order valence-electron chi connectivity index (χ0n) is 19.0. The molecule has 4 rings (SSSR count). The minimum absolute atomic E-state index is 0.304. The van der Waals surface area contributed by atoms with Gasteiger partial charge < -0.3 is 9.31 Å². The summed E-state index contributed by atoms with van der Waals surface area (Å²) in [5.74, 6) is 2.11. The molecule has 1 aliphatic heterocycles. The number of tetrazole rings is 1. The van der Waals surface area contributed by atoms with E-state index in [0.717, 1.165) is 17.7 Å². The van der Waals surface area contributed by atoms with E-state index in [1.807, 2.05) is 0 Å². The Kier molecular flexibility index (Phi) is 6.18. The molecule has 1 aromatic carbocycles. The average molecular weight is 421 g/mol. The van der Waals surface area contributed by atoms with Crippen molar-refractivity contribution in [3.05, 3.63) is 35.7 Å². The lowest BCUT2D eigenvalue weighted by Crippen LogP contribution is -2.41. The molecule has 7 nitrogen and oxygen atoms in total. The van der Waals surface area contributed by atoms with Gasteiger partial charge in [0.25, 0.3) is 0 Å². The number of aromatic nitrogens is 4. The summed E-state index contributed by atoms with van der Waals surface area (Å²) in [5.41, 5.74) is 1.85. The molecule has 8 heteroatoms. The predicted molar refractivity (Wildman–Crippen MR) is 119 cm³/mol. The fourth-order valence-corrected chi connectivity index (χ4v) is 4.56. The number of nitriles is 1. The molecule has 2 heterocycles. The minimum Gasteiger partial charge on any atom is -0.399 e. The second-order valence-electron chi connectivity index (χ2n) is 9.90. The minimum atomic E-state index is -0.316. The van der Waals surface area contributed by atoms with Crippen molar-refractivity contribution in [2.75, 3.05) is 0 Å². The fraction of sp³-hybridized carbons (Fsp3) is 0.652. The normalized spacial score (nSPS) is 24.8. The maximum absolute atomic E-state index is 8.79. The average Bonchev–Trinajstić information content (AvgIpc) is 3.27. The van der Waals surface area contributed by atoms with Crippen LogP contribution in [0.3, 0.4) is 0 Å². The lowest BCUT2D eigenvalue weighted by atomic mass is 9.75. The number of nitrogens with zero attached hydrogens (tertiary/aromatic N) is 5. The summed E-state index contributed by atoms with van der Waals surface area (Å²) in [6.07, 6.45) is 6.04. The largest absolute Gasteiger partial charge is 0.494 e. The molecule has 2 fully saturated rings. The molecular formula is C23H32BN5O2. The zero-order valence-corrected chi connectivity index (χ0v) is 19.0. The van der Waals surface area contributed by atoms with Crippen LogP contribution in [-0.2, 0) is 22.3 Å². The second kappa shape index (κ2) is 8.72. The van der Waals surface area contributed by atoms with E-state index in [4.69, 9.17) is 14.6 Å². The number of hydrogen-bond donors (Lipinski definition) is 0. The van der Waals surface area contributed by atoms with E-state index < -0.39 is 0 Å². The van der Waals surface area contributed by atoms with Crippen molar-refractivity contribution in [3.8, 4) is 6.07 Å². The van der Waals surface area contributed by atoms with Crippen molar-refractivity contribution in [3.63, 3.8) is 0 Å². The van der Waals surface area contributed by atoms with Crippen LogP contribution in [0.1, 0.15) is 77.1 Å². The first-order valence-corrected chi connectivity index (χ1v) is 11.4. The van der Waals surface area contributed by atoms with Crippen molar-refractivity contribution in [2.24, 2.45) is 5.92 Å². The van der Waals surface area contributed by atoms with Gasteiger partial charge in [-0.1, -0.05) is 24.3 Å². The van der Waals surface area contributed by atoms with Crippen molar-refractivity contribution in [2.45, 2.75) is 89.9 Å². The lowest BCUT2D eigenvalue weighted by molar-refractivity contribution is 0.00578. The van der Waals surface area contributed by atoms with E-state index in [1.165, 1.54) is 31.2 Å². The standard InChI is InChI=1S/C23H32BN5O2/c1-22(2)23(3,4)31-24(30-22)20-12-10-19(11-13-20)18-8-6-17(7-9-18)16-21-26-27-28-29(21)15-5-14-25/h10-13,17-18H,5-9,15-16H2,1-4H3/t17-,18-. The van der Waals surface area contributed by atoms with E-state index in [0.29, 0.717) is 24.8 Å². The Morgan fingerprint density at radius 3 is 2.32 bits per heavy atom.